The van der Waals surface area contributed by atoms with Gasteiger partial charge in [-0.2, -0.15) is 11.8 Å². The number of fused-ring (bicyclic) bond motifs is 1. The second kappa shape index (κ2) is 8.25. The molecule has 5 N–H and O–H groups in total. The van der Waals surface area contributed by atoms with Crippen LogP contribution in [0.4, 0.5) is 0 Å². The van der Waals surface area contributed by atoms with Gasteiger partial charge in [-0.3, -0.25) is 9.59 Å². The SMILES string of the molecule is C[C@@H](O)[C@H]1C(=O)N2C(C(=O)O)=C[C@@](C)(S[C@@H]3CN[C@H](CSCCC(N)=O)C3)[C@H]12. The quantitative estimate of drug-likeness (QED) is 0.298. The molecule has 0 aromatic carbocycles. The monoisotopic (exact) mass is 429 g/mol. The van der Waals surface area contributed by atoms with E-state index in [2.05, 4.69) is 5.32 Å². The Morgan fingerprint density at radius 1 is 1.50 bits per heavy atom. The Kier molecular flexibility index (Phi) is 6.33. The number of amides is 2. The molecule has 2 saturated heterocycles. The maximum Gasteiger partial charge on any atom is 0.352 e. The van der Waals surface area contributed by atoms with Gasteiger partial charge in [-0.15, -0.1) is 11.8 Å². The summed E-state index contributed by atoms with van der Waals surface area (Å²) in [5.41, 5.74) is 5.17. The molecule has 0 saturated carbocycles. The third-order valence-electron chi connectivity index (χ3n) is 5.56. The molecule has 10 heteroatoms. The molecule has 6 atom stereocenters. The number of hydrogen-bond acceptors (Lipinski definition) is 7. The van der Waals surface area contributed by atoms with Gasteiger partial charge in [0, 0.05) is 35.8 Å². The van der Waals surface area contributed by atoms with Crippen LogP contribution in [0.2, 0.25) is 0 Å². The van der Waals surface area contributed by atoms with Crippen LogP contribution in [0.25, 0.3) is 0 Å². The number of nitrogens with zero attached hydrogens (tertiary/aromatic N) is 1. The van der Waals surface area contributed by atoms with Crippen LogP contribution in [-0.4, -0.2) is 79.1 Å². The van der Waals surface area contributed by atoms with E-state index in [0.717, 1.165) is 18.7 Å². The van der Waals surface area contributed by atoms with Gasteiger partial charge in [-0.1, -0.05) is 0 Å². The zero-order valence-electron chi connectivity index (χ0n) is 16.0. The van der Waals surface area contributed by atoms with Gasteiger partial charge >= 0.3 is 5.97 Å². The van der Waals surface area contributed by atoms with Gasteiger partial charge in [0.25, 0.3) is 0 Å². The minimum atomic E-state index is -1.11. The van der Waals surface area contributed by atoms with Crippen LogP contribution >= 0.6 is 23.5 Å². The van der Waals surface area contributed by atoms with E-state index in [0.29, 0.717) is 18.2 Å². The Bertz CT molecular complexity index is 701. The second-order valence-corrected chi connectivity index (χ2v) is 10.7. The fraction of sp³-hybridized carbons (Fsp3) is 0.722. The highest BCUT2D eigenvalue weighted by Crippen LogP contribution is 2.53. The van der Waals surface area contributed by atoms with Crippen LogP contribution in [0.1, 0.15) is 26.7 Å². The Labute approximate surface area is 172 Å². The zero-order valence-corrected chi connectivity index (χ0v) is 17.6. The predicted octanol–water partition coefficient (Wildman–Crippen LogP) is 0.00730. The topological polar surface area (TPSA) is 133 Å². The molecular formula is C18H27N3O5S2. The normalized spacial score (nSPS) is 35.3. The van der Waals surface area contributed by atoms with Gasteiger partial charge < -0.3 is 26.2 Å². The van der Waals surface area contributed by atoms with E-state index in [1.54, 1.807) is 36.5 Å². The number of carboxylic acids is 1. The summed E-state index contributed by atoms with van der Waals surface area (Å²) in [6.45, 7) is 4.35. The number of β-lactam (4-membered cyclic amide) rings is 1. The molecule has 3 aliphatic heterocycles. The van der Waals surface area contributed by atoms with Gasteiger partial charge in [0.2, 0.25) is 11.8 Å². The minimum Gasteiger partial charge on any atom is -0.477 e. The first-order chi connectivity index (χ1) is 13.1. The van der Waals surface area contributed by atoms with Gasteiger partial charge in [0.15, 0.2) is 0 Å². The molecular weight excluding hydrogens is 402 g/mol. The minimum absolute atomic E-state index is 0.0198. The molecule has 0 unspecified atom stereocenters. The van der Waals surface area contributed by atoms with Crippen LogP contribution in [0.3, 0.4) is 0 Å². The van der Waals surface area contributed by atoms with E-state index >= 15 is 0 Å². The molecule has 3 heterocycles. The molecule has 0 spiro atoms. The van der Waals surface area contributed by atoms with Crippen LogP contribution in [0.5, 0.6) is 0 Å². The number of carbonyl (C=O) groups is 3. The molecule has 2 fully saturated rings. The number of aliphatic hydroxyl groups is 1. The van der Waals surface area contributed by atoms with Crippen LogP contribution < -0.4 is 11.1 Å². The smallest absolute Gasteiger partial charge is 0.352 e. The highest BCUT2D eigenvalue weighted by Gasteiger charge is 2.63. The average Bonchev–Trinajstić information content (AvgIpc) is 3.11. The van der Waals surface area contributed by atoms with Gasteiger partial charge in [-0.05, 0) is 26.3 Å². The number of aliphatic carboxylic acids is 1. The summed E-state index contributed by atoms with van der Waals surface area (Å²) in [4.78, 5) is 36.1. The zero-order chi connectivity index (χ0) is 20.6. The lowest BCUT2D eigenvalue weighted by molar-refractivity contribution is -0.162. The number of nitrogens with one attached hydrogen (secondary N) is 1. The molecule has 8 nitrogen and oxygen atoms in total. The molecule has 0 radical (unpaired) electrons. The molecule has 3 aliphatic rings. The highest BCUT2D eigenvalue weighted by molar-refractivity contribution is 8.01. The van der Waals surface area contributed by atoms with E-state index in [4.69, 9.17) is 5.73 Å². The van der Waals surface area contributed by atoms with E-state index in [9.17, 15) is 24.6 Å². The predicted molar refractivity (Wildman–Crippen MR) is 109 cm³/mol. The third kappa shape index (κ3) is 4.05. The molecule has 0 bridgehead atoms. The van der Waals surface area contributed by atoms with Crippen LogP contribution in [0.15, 0.2) is 11.8 Å². The number of rotatable bonds is 9. The maximum absolute atomic E-state index is 12.4. The highest BCUT2D eigenvalue weighted by atomic mass is 32.2. The van der Waals surface area contributed by atoms with Crippen molar-refractivity contribution in [3.8, 4) is 0 Å². The van der Waals surface area contributed by atoms with Gasteiger partial charge in [0.05, 0.1) is 22.8 Å². The molecule has 0 aromatic rings. The van der Waals surface area contributed by atoms with Crippen molar-refractivity contribution < 1.29 is 24.6 Å². The van der Waals surface area contributed by atoms with E-state index < -0.39 is 22.7 Å². The van der Waals surface area contributed by atoms with E-state index in [-0.39, 0.29) is 28.8 Å². The molecule has 2 amide bonds. The largest absolute Gasteiger partial charge is 0.477 e. The maximum atomic E-state index is 12.4. The van der Waals surface area contributed by atoms with Crippen molar-refractivity contribution in [3.05, 3.63) is 11.8 Å². The van der Waals surface area contributed by atoms with Crippen molar-refractivity contribution in [1.82, 2.24) is 10.2 Å². The summed E-state index contributed by atoms with van der Waals surface area (Å²) in [5, 5.41) is 23.3. The summed E-state index contributed by atoms with van der Waals surface area (Å²) in [5.74, 6) is -0.681. The number of nitrogens with two attached hydrogens (primary N) is 1. The summed E-state index contributed by atoms with van der Waals surface area (Å²) in [6, 6.07) is -0.00455. The third-order valence-corrected chi connectivity index (χ3v) is 8.25. The first-order valence-corrected chi connectivity index (χ1v) is 11.4. The van der Waals surface area contributed by atoms with Crippen molar-refractivity contribution in [1.29, 1.82) is 0 Å². The van der Waals surface area contributed by atoms with Gasteiger partial charge in [-0.25, -0.2) is 4.79 Å². The first-order valence-electron chi connectivity index (χ1n) is 9.38. The van der Waals surface area contributed by atoms with Crippen molar-refractivity contribution >= 4 is 41.3 Å². The summed E-state index contributed by atoms with van der Waals surface area (Å²) in [6.07, 6.45) is 2.18. The number of aliphatic hydroxyl groups excluding tert-OH is 1. The lowest BCUT2D eigenvalue weighted by Gasteiger charge is -2.50. The second-order valence-electron chi connectivity index (χ2n) is 7.81. The van der Waals surface area contributed by atoms with Crippen molar-refractivity contribution in [2.45, 2.75) is 54.9 Å². The Hall–Kier alpha value is -1.23. The molecule has 0 aliphatic carbocycles. The van der Waals surface area contributed by atoms with Crippen molar-refractivity contribution in [3.63, 3.8) is 0 Å². The summed E-state index contributed by atoms with van der Waals surface area (Å²) < 4.78 is -0.552. The fourth-order valence-electron chi connectivity index (χ4n) is 4.31. The summed E-state index contributed by atoms with van der Waals surface area (Å²) >= 11 is 3.38. The van der Waals surface area contributed by atoms with Gasteiger partial charge in [0.1, 0.15) is 5.70 Å². The van der Waals surface area contributed by atoms with E-state index in [1.807, 2.05) is 6.92 Å². The Balaban J connectivity index is 1.62. The van der Waals surface area contributed by atoms with E-state index in [1.165, 1.54) is 4.90 Å². The fourth-order valence-corrected chi connectivity index (χ4v) is 7.16. The lowest BCUT2D eigenvalue weighted by atomic mass is 9.78. The molecule has 3 rings (SSSR count). The lowest BCUT2D eigenvalue weighted by Crippen LogP contribution is -2.67. The summed E-state index contributed by atoms with van der Waals surface area (Å²) in [7, 11) is 0. The Morgan fingerprint density at radius 2 is 2.21 bits per heavy atom. The number of hydrogen-bond donors (Lipinski definition) is 4. The molecule has 0 aromatic heterocycles. The number of thioether (sulfide) groups is 2. The average molecular weight is 430 g/mol. The number of carbonyl (C=O) groups excluding carboxylic acids is 2. The van der Waals surface area contributed by atoms with Crippen LogP contribution in [-0.2, 0) is 14.4 Å². The standard InChI is InChI=1S/C18H27N3O5S2/c1-9(22)14-15-18(2,6-12(17(25)26)21(15)16(14)24)28-11-5-10(20-7-11)8-27-4-3-13(19)23/h6,9-11,14-15,20,22H,3-5,7-8H2,1-2H3,(H2,19,23)(H,25,26)/t9-,10+,11+,14-,15+,18-/m1/s1. The number of primary amides is 1. The Morgan fingerprint density at radius 3 is 2.82 bits per heavy atom. The molecule has 156 valence electrons. The first kappa shape index (κ1) is 21.5. The van der Waals surface area contributed by atoms with Crippen LogP contribution in [0, 0.1) is 5.92 Å². The molecule has 28 heavy (non-hydrogen) atoms. The number of carboxylic acid groups (broad SMARTS) is 1. The van der Waals surface area contributed by atoms with Crippen molar-refractivity contribution in [2.75, 3.05) is 18.1 Å². The van der Waals surface area contributed by atoms with Crippen molar-refractivity contribution in [2.24, 2.45) is 11.7 Å².